The first-order valence-electron chi connectivity index (χ1n) is 7.08. The number of hydrogen-bond acceptors (Lipinski definition) is 3. The normalized spacial score (nSPS) is 16.4. The Bertz CT molecular complexity index is 515. The topological polar surface area (TPSA) is 58.6 Å². The molecular weight excluding hydrogens is 299 g/mol. The summed E-state index contributed by atoms with van der Waals surface area (Å²) in [4.78, 5) is 11.8. The molecule has 1 aliphatic carbocycles. The highest BCUT2D eigenvalue weighted by molar-refractivity contribution is 5.95. The Labute approximate surface area is 126 Å². The van der Waals surface area contributed by atoms with Gasteiger partial charge in [0, 0.05) is 13.2 Å². The Morgan fingerprint density at radius 2 is 2.05 bits per heavy atom. The Balaban J connectivity index is 1.83. The third-order valence-corrected chi connectivity index (χ3v) is 3.34. The Morgan fingerprint density at radius 1 is 1.36 bits per heavy atom. The molecule has 1 saturated carbocycles. The summed E-state index contributed by atoms with van der Waals surface area (Å²) in [6, 6.07) is 4.54. The molecule has 122 valence electrons. The van der Waals surface area contributed by atoms with Gasteiger partial charge in [-0.05, 0) is 30.9 Å². The number of aliphatic hydroxyl groups excluding tert-OH is 1. The first-order chi connectivity index (χ1) is 10.4. The summed E-state index contributed by atoms with van der Waals surface area (Å²) >= 11 is 0. The quantitative estimate of drug-likeness (QED) is 0.811. The van der Waals surface area contributed by atoms with Crippen LogP contribution in [0.3, 0.4) is 0 Å². The van der Waals surface area contributed by atoms with Crippen molar-refractivity contribution < 1.29 is 27.8 Å². The van der Waals surface area contributed by atoms with Crippen molar-refractivity contribution in [1.82, 2.24) is 5.32 Å². The number of ether oxygens (including phenoxy) is 1. The fourth-order valence-electron chi connectivity index (χ4n) is 1.95. The maximum Gasteiger partial charge on any atom is 0.417 e. The van der Waals surface area contributed by atoms with Crippen LogP contribution in [-0.4, -0.2) is 36.9 Å². The SMILES string of the molecule is O=C(NCC(O)COCC1CC1)c1ccccc1C(F)(F)F. The summed E-state index contributed by atoms with van der Waals surface area (Å²) in [5.74, 6) is -0.311. The summed E-state index contributed by atoms with van der Waals surface area (Å²) in [6.45, 7) is 0.468. The minimum absolute atomic E-state index is 0.0533. The van der Waals surface area contributed by atoms with Gasteiger partial charge in [0.25, 0.3) is 5.91 Å². The number of aliphatic hydroxyl groups is 1. The first kappa shape index (κ1) is 16.8. The maximum absolute atomic E-state index is 12.8. The van der Waals surface area contributed by atoms with E-state index >= 15 is 0 Å². The number of halogens is 3. The van der Waals surface area contributed by atoms with Crippen LogP contribution in [0.15, 0.2) is 24.3 Å². The van der Waals surface area contributed by atoms with Crippen LogP contribution in [0.2, 0.25) is 0 Å². The second-order valence-corrected chi connectivity index (χ2v) is 5.39. The largest absolute Gasteiger partial charge is 0.417 e. The lowest BCUT2D eigenvalue weighted by Crippen LogP contribution is -2.35. The molecule has 1 aliphatic rings. The number of benzene rings is 1. The molecule has 22 heavy (non-hydrogen) atoms. The van der Waals surface area contributed by atoms with Crippen LogP contribution in [0.4, 0.5) is 13.2 Å². The van der Waals surface area contributed by atoms with Crippen LogP contribution >= 0.6 is 0 Å². The molecule has 1 aromatic carbocycles. The predicted octanol–water partition coefficient (Wildman–Crippen LogP) is 2.22. The molecule has 2 N–H and O–H groups in total. The zero-order valence-corrected chi connectivity index (χ0v) is 11.9. The van der Waals surface area contributed by atoms with Gasteiger partial charge >= 0.3 is 6.18 Å². The van der Waals surface area contributed by atoms with Gasteiger partial charge in [0.1, 0.15) is 0 Å². The fourth-order valence-corrected chi connectivity index (χ4v) is 1.95. The second-order valence-electron chi connectivity index (χ2n) is 5.39. The summed E-state index contributed by atoms with van der Waals surface area (Å²) in [5.41, 5.74) is -1.45. The van der Waals surface area contributed by atoms with Crippen LogP contribution in [0.5, 0.6) is 0 Å². The van der Waals surface area contributed by atoms with Crippen LogP contribution in [-0.2, 0) is 10.9 Å². The molecule has 2 rings (SSSR count). The Morgan fingerprint density at radius 3 is 2.68 bits per heavy atom. The Kier molecular flexibility index (Phi) is 5.42. The number of carbonyl (C=O) groups is 1. The van der Waals surface area contributed by atoms with Gasteiger partial charge in [0.15, 0.2) is 0 Å². The van der Waals surface area contributed by atoms with Crippen LogP contribution in [0.25, 0.3) is 0 Å². The van der Waals surface area contributed by atoms with Crippen LogP contribution in [0, 0.1) is 5.92 Å². The van der Waals surface area contributed by atoms with E-state index in [0.717, 1.165) is 25.0 Å². The molecule has 7 heteroatoms. The molecule has 0 saturated heterocycles. The number of alkyl halides is 3. The van der Waals surface area contributed by atoms with E-state index in [2.05, 4.69) is 5.32 Å². The predicted molar refractivity (Wildman–Crippen MR) is 73.3 cm³/mol. The van der Waals surface area contributed by atoms with E-state index in [1.54, 1.807) is 0 Å². The summed E-state index contributed by atoms with van der Waals surface area (Å²) in [6.07, 6.45) is -3.29. The van der Waals surface area contributed by atoms with Gasteiger partial charge in [0.2, 0.25) is 0 Å². The van der Waals surface area contributed by atoms with E-state index in [1.165, 1.54) is 12.1 Å². The molecule has 0 aromatic heterocycles. The number of amides is 1. The number of carbonyl (C=O) groups excluding carboxylic acids is 1. The van der Waals surface area contributed by atoms with Gasteiger partial charge < -0.3 is 15.2 Å². The highest BCUT2D eigenvalue weighted by Gasteiger charge is 2.34. The van der Waals surface area contributed by atoms with Gasteiger partial charge in [-0.1, -0.05) is 12.1 Å². The van der Waals surface area contributed by atoms with E-state index in [-0.39, 0.29) is 13.2 Å². The van der Waals surface area contributed by atoms with E-state index in [0.29, 0.717) is 12.5 Å². The van der Waals surface area contributed by atoms with Crippen molar-refractivity contribution in [2.24, 2.45) is 5.92 Å². The highest BCUT2D eigenvalue weighted by Crippen LogP contribution is 2.31. The third-order valence-electron chi connectivity index (χ3n) is 3.34. The van der Waals surface area contributed by atoms with E-state index < -0.39 is 29.3 Å². The number of nitrogens with one attached hydrogen (secondary N) is 1. The lowest BCUT2D eigenvalue weighted by atomic mass is 10.1. The summed E-state index contributed by atoms with van der Waals surface area (Å²) in [7, 11) is 0. The smallest absolute Gasteiger partial charge is 0.389 e. The third kappa shape index (κ3) is 4.99. The molecule has 1 unspecified atom stereocenters. The van der Waals surface area contributed by atoms with Crippen molar-refractivity contribution in [3.63, 3.8) is 0 Å². The first-order valence-corrected chi connectivity index (χ1v) is 7.08. The van der Waals surface area contributed by atoms with E-state index in [4.69, 9.17) is 4.74 Å². The van der Waals surface area contributed by atoms with Crippen molar-refractivity contribution in [1.29, 1.82) is 0 Å². The van der Waals surface area contributed by atoms with Crippen molar-refractivity contribution in [3.8, 4) is 0 Å². The lowest BCUT2D eigenvalue weighted by molar-refractivity contribution is -0.137. The molecule has 0 aliphatic heterocycles. The number of hydrogen-bond donors (Lipinski definition) is 2. The highest BCUT2D eigenvalue weighted by atomic mass is 19.4. The van der Waals surface area contributed by atoms with E-state index in [1.807, 2.05) is 0 Å². The molecule has 1 fully saturated rings. The molecule has 0 radical (unpaired) electrons. The van der Waals surface area contributed by atoms with Gasteiger partial charge in [-0.2, -0.15) is 13.2 Å². The molecule has 1 aromatic rings. The van der Waals surface area contributed by atoms with Crippen molar-refractivity contribution >= 4 is 5.91 Å². The molecule has 1 amide bonds. The number of rotatable bonds is 7. The Hall–Kier alpha value is -1.60. The molecule has 1 atom stereocenters. The lowest BCUT2D eigenvalue weighted by Gasteiger charge is -2.15. The van der Waals surface area contributed by atoms with Crippen LogP contribution in [0.1, 0.15) is 28.8 Å². The standard InChI is InChI=1S/C15H18F3NO3/c16-15(17,18)13-4-2-1-3-12(13)14(21)19-7-11(20)9-22-8-10-5-6-10/h1-4,10-11,20H,5-9H2,(H,19,21). The van der Waals surface area contributed by atoms with Gasteiger partial charge in [0.05, 0.1) is 23.8 Å². The average molecular weight is 317 g/mol. The molecule has 0 bridgehead atoms. The monoisotopic (exact) mass is 317 g/mol. The van der Waals surface area contributed by atoms with Crippen LogP contribution < -0.4 is 5.32 Å². The summed E-state index contributed by atoms with van der Waals surface area (Å²) < 4.78 is 43.7. The van der Waals surface area contributed by atoms with Crippen molar-refractivity contribution in [2.45, 2.75) is 25.1 Å². The fraction of sp³-hybridized carbons (Fsp3) is 0.533. The van der Waals surface area contributed by atoms with Gasteiger partial charge in [-0.25, -0.2) is 0 Å². The van der Waals surface area contributed by atoms with E-state index in [9.17, 15) is 23.1 Å². The van der Waals surface area contributed by atoms with Gasteiger partial charge in [-0.15, -0.1) is 0 Å². The average Bonchev–Trinajstić information content (AvgIpc) is 3.28. The van der Waals surface area contributed by atoms with Gasteiger partial charge in [-0.3, -0.25) is 4.79 Å². The summed E-state index contributed by atoms with van der Waals surface area (Å²) in [5, 5.41) is 11.9. The van der Waals surface area contributed by atoms with Crippen molar-refractivity contribution in [2.75, 3.05) is 19.8 Å². The molecular formula is C15H18F3NO3. The zero-order valence-electron chi connectivity index (χ0n) is 11.9. The second kappa shape index (κ2) is 7.11. The minimum atomic E-state index is -4.60. The zero-order chi connectivity index (χ0) is 16.2. The van der Waals surface area contributed by atoms with Crippen molar-refractivity contribution in [3.05, 3.63) is 35.4 Å². The molecule has 4 nitrogen and oxygen atoms in total. The maximum atomic E-state index is 12.8. The molecule has 0 heterocycles. The minimum Gasteiger partial charge on any atom is -0.389 e. The molecule has 0 spiro atoms.